The van der Waals surface area contributed by atoms with Crippen LogP contribution >= 0.6 is 0 Å². The SMILES string of the molecule is COC(=O)c1nc(-c2cccc(C#C[C@]3(O)CCN(C)C3=O)c2)c(F)cc1N. The van der Waals surface area contributed by atoms with Crippen molar-refractivity contribution < 1.29 is 23.8 Å². The molecular formula is C20H18FN3O4. The topological polar surface area (TPSA) is 106 Å². The van der Waals surface area contributed by atoms with Crippen LogP contribution in [0.5, 0.6) is 0 Å². The first kappa shape index (κ1) is 19.3. The zero-order chi connectivity index (χ0) is 20.5. The summed E-state index contributed by atoms with van der Waals surface area (Å²) in [4.78, 5) is 29.2. The Balaban J connectivity index is 1.99. The van der Waals surface area contributed by atoms with Gasteiger partial charge in [0.15, 0.2) is 11.5 Å². The predicted octanol–water partition coefficient (Wildman–Crippen LogP) is 1.20. The summed E-state index contributed by atoms with van der Waals surface area (Å²) in [6.07, 6.45) is 0.214. The number of benzene rings is 1. The lowest BCUT2D eigenvalue weighted by molar-refractivity contribution is -0.137. The largest absolute Gasteiger partial charge is 0.464 e. The highest BCUT2D eigenvalue weighted by atomic mass is 19.1. The minimum absolute atomic E-state index is 0.0892. The van der Waals surface area contributed by atoms with Gasteiger partial charge >= 0.3 is 5.97 Å². The van der Waals surface area contributed by atoms with Crippen molar-refractivity contribution in [3.05, 3.63) is 47.4 Å². The van der Waals surface area contributed by atoms with Crippen LogP contribution in [-0.2, 0) is 9.53 Å². The summed E-state index contributed by atoms with van der Waals surface area (Å²) in [5.74, 6) is 3.42. The molecule has 3 rings (SSSR count). The number of carbonyl (C=O) groups is 2. The third-order valence-electron chi connectivity index (χ3n) is 4.44. The van der Waals surface area contributed by atoms with Gasteiger partial charge in [0.25, 0.3) is 5.91 Å². The van der Waals surface area contributed by atoms with Gasteiger partial charge in [-0.3, -0.25) is 4.79 Å². The van der Waals surface area contributed by atoms with Gasteiger partial charge in [0.2, 0.25) is 5.60 Å². The molecule has 0 spiro atoms. The van der Waals surface area contributed by atoms with Crippen LogP contribution in [0.2, 0.25) is 0 Å². The number of nitrogens with zero attached hydrogens (tertiary/aromatic N) is 2. The molecule has 0 aliphatic carbocycles. The van der Waals surface area contributed by atoms with E-state index in [0.29, 0.717) is 17.7 Å². The highest BCUT2D eigenvalue weighted by Crippen LogP contribution is 2.26. The zero-order valence-electron chi connectivity index (χ0n) is 15.3. The van der Waals surface area contributed by atoms with Crippen molar-refractivity contribution in [3.63, 3.8) is 0 Å². The van der Waals surface area contributed by atoms with E-state index in [0.717, 1.165) is 6.07 Å². The third-order valence-corrected chi connectivity index (χ3v) is 4.44. The van der Waals surface area contributed by atoms with Gasteiger partial charge in [0.1, 0.15) is 5.69 Å². The Morgan fingerprint density at radius 2 is 2.18 bits per heavy atom. The maximum atomic E-state index is 14.4. The van der Waals surface area contributed by atoms with Crippen molar-refractivity contribution in [1.29, 1.82) is 0 Å². The minimum atomic E-state index is -1.73. The Bertz CT molecular complexity index is 1030. The number of nitrogens with two attached hydrogens (primary N) is 1. The fourth-order valence-corrected chi connectivity index (χ4v) is 2.86. The number of carbonyl (C=O) groups excluding carboxylic acids is 2. The number of esters is 1. The van der Waals surface area contributed by atoms with Crippen LogP contribution in [0.25, 0.3) is 11.3 Å². The van der Waals surface area contributed by atoms with Gasteiger partial charge < -0.3 is 20.5 Å². The van der Waals surface area contributed by atoms with Crippen LogP contribution in [0.4, 0.5) is 10.1 Å². The number of aromatic nitrogens is 1. The molecule has 1 aliphatic heterocycles. The molecule has 1 aromatic carbocycles. The summed E-state index contributed by atoms with van der Waals surface area (Å²) >= 11 is 0. The molecule has 7 nitrogen and oxygen atoms in total. The van der Waals surface area contributed by atoms with E-state index in [9.17, 15) is 19.1 Å². The molecule has 1 aliphatic rings. The normalized spacial score (nSPS) is 18.6. The average Bonchev–Trinajstić information content (AvgIpc) is 2.94. The maximum Gasteiger partial charge on any atom is 0.358 e. The average molecular weight is 383 g/mol. The summed E-state index contributed by atoms with van der Waals surface area (Å²) in [5, 5.41) is 10.4. The number of amides is 1. The Labute approximate surface area is 160 Å². The van der Waals surface area contributed by atoms with Crippen LogP contribution in [0, 0.1) is 17.7 Å². The first-order valence-electron chi connectivity index (χ1n) is 8.41. The van der Waals surface area contributed by atoms with E-state index in [1.54, 1.807) is 31.3 Å². The van der Waals surface area contributed by atoms with Gasteiger partial charge in [0.05, 0.1) is 12.8 Å². The summed E-state index contributed by atoms with van der Waals surface area (Å²) in [6, 6.07) is 7.42. The number of aliphatic hydroxyl groups is 1. The molecule has 2 aromatic rings. The Kier molecular flexibility index (Phi) is 5.03. The van der Waals surface area contributed by atoms with Crippen LogP contribution in [0.3, 0.4) is 0 Å². The van der Waals surface area contributed by atoms with E-state index in [1.807, 2.05) is 0 Å². The van der Waals surface area contributed by atoms with Crippen molar-refractivity contribution in [2.45, 2.75) is 12.0 Å². The summed E-state index contributed by atoms with van der Waals surface area (Å²) in [7, 11) is 2.77. The highest BCUT2D eigenvalue weighted by molar-refractivity contribution is 5.93. The van der Waals surface area contributed by atoms with E-state index >= 15 is 0 Å². The Hall–Kier alpha value is -3.44. The number of likely N-dealkylation sites (N-methyl/N-ethyl adjacent to an activating group) is 1. The first-order valence-corrected chi connectivity index (χ1v) is 8.41. The fourth-order valence-electron chi connectivity index (χ4n) is 2.86. The second-order valence-electron chi connectivity index (χ2n) is 6.42. The molecule has 1 amide bonds. The number of nitrogen functional groups attached to an aromatic ring is 1. The van der Waals surface area contributed by atoms with Crippen LogP contribution in [0.15, 0.2) is 30.3 Å². The molecule has 1 fully saturated rings. The quantitative estimate of drug-likeness (QED) is 0.596. The van der Waals surface area contributed by atoms with Crippen molar-refractivity contribution in [2.75, 3.05) is 26.4 Å². The molecule has 1 saturated heterocycles. The smallest absolute Gasteiger partial charge is 0.358 e. The molecule has 0 unspecified atom stereocenters. The third kappa shape index (κ3) is 3.52. The molecule has 0 bridgehead atoms. The molecule has 144 valence electrons. The number of hydrogen-bond donors (Lipinski definition) is 2. The van der Waals surface area contributed by atoms with Crippen molar-refractivity contribution in [1.82, 2.24) is 9.88 Å². The van der Waals surface area contributed by atoms with Gasteiger partial charge in [-0.25, -0.2) is 14.2 Å². The molecule has 3 N–H and O–H groups in total. The zero-order valence-corrected chi connectivity index (χ0v) is 15.3. The molecule has 2 heterocycles. The van der Waals surface area contributed by atoms with Crippen molar-refractivity contribution in [2.24, 2.45) is 0 Å². The lowest BCUT2D eigenvalue weighted by atomic mass is 10.0. The van der Waals surface area contributed by atoms with Crippen molar-refractivity contribution >= 4 is 17.6 Å². The second-order valence-corrected chi connectivity index (χ2v) is 6.42. The summed E-state index contributed by atoms with van der Waals surface area (Å²) in [5.41, 5.74) is 4.31. The number of methoxy groups -OCH3 is 1. The van der Waals surface area contributed by atoms with E-state index < -0.39 is 23.3 Å². The number of rotatable bonds is 2. The summed E-state index contributed by atoms with van der Waals surface area (Å²) in [6.45, 7) is 0.418. The van der Waals surface area contributed by atoms with Gasteiger partial charge in [-0.05, 0) is 12.1 Å². The summed E-state index contributed by atoms with van der Waals surface area (Å²) < 4.78 is 19.0. The molecule has 1 atom stereocenters. The standard InChI is InChI=1S/C20H18FN3O4/c1-24-9-8-20(27,19(24)26)7-6-12-4-3-5-13(10-12)16-14(21)11-15(22)17(23-16)18(25)28-2/h3-5,10-11,27H,8-9,22H2,1-2H3/t20-/m0/s1. The number of hydrogen-bond acceptors (Lipinski definition) is 6. The molecule has 1 aromatic heterocycles. The number of ether oxygens (including phenoxy) is 1. The number of anilines is 1. The van der Waals surface area contributed by atoms with Crippen LogP contribution in [-0.4, -0.2) is 53.2 Å². The number of likely N-dealkylation sites (tertiary alicyclic amines) is 1. The van der Waals surface area contributed by atoms with Gasteiger partial charge in [0, 0.05) is 37.2 Å². The van der Waals surface area contributed by atoms with E-state index in [1.165, 1.54) is 12.0 Å². The Morgan fingerprint density at radius 1 is 1.43 bits per heavy atom. The first-order chi connectivity index (χ1) is 13.2. The highest BCUT2D eigenvalue weighted by Gasteiger charge is 2.42. The lowest BCUT2D eigenvalue weighted by Crippen LogP contribution is -2.37. The second kappa shape index (κ2) is 7.29. The van der Waals surface area contributed by atoms with Gasteiger partial charge in [-0.2, -0.15) is 0 Å². The molecule has 28 heavy (non-hydrogen) atoms. The minimum Gasteiger partial charge on any atom is -0.464 e. The maximum absolute atomic E-state index is 14.4. The van der Waals surface area contributed by atoms with E-state index in [-0.39, 0.29) is 23.5 Å². The van der Waals surface area contributed by atoms with Gasteiger partial charge in [-0.1, -0.05) is 24.0 Å². The predicted molar refractivity (Wildman–Crippen MR) is 99.5 cm³/mol. The monoisotopic (exact) mass is 383 g/mol. The molecule has 0 saturated carbocycles. The van der Waals surface area contributed by atoms with Gasteiger partial charge in [-0.15, -0.1) is 0 Å². The van der Waals surface area contributed by atoms with E-state index in [4.69, 9.17) is 5.73 Å². The van der Waals surface area contributed by atoms with Crippen LogP contribution in [0.1, 0.15) is 22.5 Å². The fraction of sp³-hybridized carbons (Fsp3) is 0.250. The molecule has 8 heteroatoms. The lowest BCUT2D eigenvalue weighted by Gasteiger charge is -2.13. The van der Waals surface area contributed by atoms with Crippen molar-refractivity contribution in [3.8, 4) is 23.1 Å². The number of pyridine rings is 1. The molecular weight excluding hydrogens is 365 g/mol. The van der Waals surface area contributed by atoms with E-state index in [2.05, 4.69) is 21.6 Å². The van der Waals surface area contributed by atoms with Crippen LogP contribution < -0.4 is 5.73 Å². The number of halogens is 1. The Morgan fingerprint density at radius 3 is 2.82 bits per heavy atom. The molecule has 0 radical (unpaired) electrons.